The van der Waals surface area contributed by atoms with Crippen molar-refractivity contribution in [2.75, 3.05) is 6.54 Å². The second-order valence-corrected chi connectivity index (χ2v) is 4.48. The first-order chi connectivity index (χ1) is 9.86. The quantitative estimate of drug-likeness (QED) is 0.758. The minimum atomic E-state index is -1.45. The highest BCUT2D eigenvalue weighted by Crippen LogP contribution is 2.24. The van der Waals surface area contributed by atoms with Crippen LogP contribution in [0.4, 0.5) is 8.78 Å². The molecule has 0 aliphatic heterocycles. The monoisotopic (exact) mass is 301 g/mol. The summed E-state index contributed by atoms with van der Waals surface area (Å²) in [6.45, 7) is 3.76. The van der Waals surface area contributed by atoms with Crippen LogP contribution in [0.25, 0.3) is 0 Å². The van der Waals surface area contributed by atoms with Crippen molar-refractivity contribution in [1.29, 1.82) is 0 Å². The summed E-state index contributed by atoms with van der Waals surface area (Å²) in [7, 11) is 0. The summed E-state index contributed by atoms with van der Waals surface area (Å²) in [5.74, 6) is -5.05. The second-order valence-electron chi connectivity index (χ2n) is 4.48. The van der Waals surface area contributed by atoms with E-state index in [1.54, 1.807) is 0 Å². The molecule has 0 fully saturated rings. The molecule has 21 heavy (non-hydrogen) atoms. The SMILES string of the molecule is CCCCNC(=O)C(C)Oc1c(F)cc(C(=O)O)cc1F. The Balaban J connectivity index is 2.78. The van der Waals surface area contributed by atoms with Gasteiger partial charge in [-0.05, 0) is 25.5 Å². The summed E-state index contributed by atoms with van der Waals surface area (Å²) in [4.78, 5) is 22.3. The number of benzene rings is 1. The molecule has 1 aromatic rings. The van der Waals surface area contributed by atoms with Gasteiger partial charge in [-0.1, -0.05) is 13.3 Å². The van der Waals surface area contributed by atoms with E-state index in [4.69, 9.17) is 9.84 Å². The molecule has 5 nitrogen and oxygen atoms in total. The molecule has 1 aromatic carbocycles. The standard InChI is InChI=1S/C14H17F2NO4/c1-3-4-5-17-13(18)8(2)21-12-10(15)6-9(14(19)20)7-11(12)16/h6-8H,3-5H2,1-2H3,(H,17,18)(H,19,20). The van der Waals surface area contributed by atoms with Gasteiger partial charge in [-0.3, -0.25) is 4.79 Å². The summed E-state index contributed by atoms with van der Waals surface area (Å²) in [6.07, 6.45) is 0.589. The second kappa shape index (κ2) is 7.56. The fraction of sp³-hybridized carbons (Fsp3) is 0.429. The van der Waals surface area contributed by atoms with Crippen LogP contribution in [0.2, 0.25) is 0 Å². The lowest BCUT2D eigenvalue weighted by Gasteiger charge is -2.15. The van der Waals surface area contributed by atoms with Gasteiger partial charge in [0.15, 0.2) is 23.5 Å². The molecule has 0 aromatic heterocycles. The lowest BCUT2D eigenvalue weighted by atomic mass is 10.2. The number of amides is 1. The summed E-state index contributed by atoms with van der Waals surface area (Å²) in [5.41, 5.74) is -0.530. The van der Waals surface area contributed by atoms with Crippen LogP contribution in [0.5, 0.6) is 5.75 Å². The zero-order valence-electron chi connectivity index (χ0n) is 11.8. The number of hydrogen-bond donors (Lipinski definition) is 2. The zero-order chi connectivity index (χ0) is 16.0. The van der Waals surface area contributed by atoms with Crippen LogP contribution in [0.3, 0.4) is 0 Å². The van der Waals surface area contributed by atoms with Crippen molar-refractivity contribution in [2.24, 2.45) is 0 Å². The van der Waals surface area contributed by atoms with Gasteiger partial charge >= 0.3 is 5.97 Å². The Labute approximate surface area is 120 Å². The third-order valence-electron chi connectivity index (χ3n) is 2.74. The minimum absolute atomic E-state index is 0.450. The average Bonchev–Trinajstić information content (AvgIpc) is 2.42. The molecule has 0 heterocycles. The Morgan fingerprint density at radius 1 is 1.33 bits per heavy atom. The lowest BCUT2D eigenvalue weighted by molar-refractivity contribution is -0.127. The number of carboxylic acid groups (broad SMARTS) is 1. The molecule has 1 atom stereocenters. The van der Waals surface area contributed by atoms with Gasteiger partial charge in [0.2, 0.25) is 0 Å². The lowest BCUT2D eigenvalue weighted by Crippen LogP contribution is -2.37. The van der Waals surface area contributed by atoms with E-state index in [0.29, 0.717) is 18.7 Å². The molecule has 0 spiro atoms. The Bertz CT molecular complexity index is 511. The molecule has 2 N–H and O–H groups in total. The topological polar surface area (TPSA) is 75.6 Å². The number of carbonyl (C=O) groups excluding carboxylic acids is 1. The van der Waals surface area contributed by atoms with Crippen molar-refractivity contribution >= 4 is 11.9 Å². The zero-order valence-corrected chi connectivity index (χ0v) is 11.8. The van der Waals surface area contributed by atoms with Gasteiger partial charge < -0.3 is 15.2 Å². The fourth-order valence-electron chi connectivity index (χ4n) is 1.56. The van der Waals surface area contributed by atoms with Crippen molar-refractivity contribution in [3.8, 4) is 5.75 Å². The number of carbonyl (C=O) groups is 2. The maximum absolute atomic E-state index is 13.6. The number of hydrogen-bond acceptors (Lipinski definition) is 3. The number of unbranched alkanes of at least 4 members (excludes halogenated alkanes) is 1. The summed E-state index contributed by atoms with van der Waals surface area (Å²) in [5, 5.41) is 11.2. The highest BCUT2D eigenvalue weighted by molar-refractivity contribution is 5.87. The Morgan fingerprint density at radius 3 is 2.38 bits per heavy atom. The largest absolute Gasteiger partial charge is 0.478 e. The Morgan fingerprint density at radius 2 is 1.90 bits per heavy atom. The van der Waals surface area contributed by atoms with E-state index in [9.17, 15) is 18.4 Å². The van der Waals surface area contributed by atoms with E-state index in [0.717, 1.165) is 12.8 Å². The van der Waals surface area contributed by atoms with Crippen LogP contribution < -0.4 is 10.1 Å². The molecule has 1 unspecified atom stereocenters. The van der Waals surface area contributed by atoms with E-state index in [1.165, 1.54) is 6.92 Å². The first kappa shape index (κ1) is 16.9. The maximum Gasteiger partial charge on any atom is 0.335 e. The third-order valence-corrected chi connectivity index (χ3v) is 2.74. The smallest absolute Gasteiger partial charge is 0.335 e. The van der Waals surface area contributed by atoms with Gasteiger partial charge in [0.1, 0.15) is 0 Å². The van der Waals surface area contributed by atoms with Gasteiger partial charge in [-0.2, -0.15) is 0 Å². The van der Waals surface area contributed by atoms with Crippen LogP contribution in [0.15, 0.2) is 12.1 Å². The normalized spacial score (nSPS) is 11.8. The van der Waals surface area contributed by atoms with Crippen molar-refractivity contribution in [3.05, 3.63) is 29.3 Å². The molecule has 116 valence electrons. The van der Waals surface area contributed by atoms with Crippen LogP contribution in [0, 0.1) is 11.6 Å². The van der Waals surface area contributed by atoms with Gasteiger partial charge in [-0.15, -0.1) is 0 Å². The number of rotatable bonds is 7. The van der Waals surface area contributed by atoms with Crippen molar-refractivity contribution in [3.63, 3.8) is 0 Å². The third kappa shape index (κ3) is 4.70. The van der Waals surface area contributed by atoms with Crippen molar-refractivity contribution < 1.29 is 28.2 Å². The molecule has 0 aliphatic carbocycles. The summed E-state index contributed by atoms with van der Waals surface area (Å²) < 4.78 is 32.2. The van der Waals surface area contributed by atoms with Crippen LogP contribution in [-0.4, -0.2) is 29.6 Å². The average molecular weight is 301 g/mol. The molecule has 0 radical (unpaired) electrons. The minimum Gasteiger partial charge on any atom is -0.478 e. The maximum atomic E-state index is 13.6. The molecule has 0 saturated heterocycles. The predicted octanol–water partition coefficient (Wildman–Crippen LogP) is 2.35. The summed E-state index contributed by atoms with van der Waals surface area (Å²) in [6, 6.07) is 1.28. The molecular formula is C14H17F2NO4. The highest BCUT2D eigenvalue weighted by Gasteiger charge is 2.21. The van der Waals surface area contributed by atoms with Crippen molar-refractivity contribution in [1.82, 2.24) is 5.32 Å². The molecule has 1 amide bonds. The number of aromatic carboxylic acids is 1. The van der Waals surface area contributed by atoms with Gasteiger partial charge in [-0.25, -0.2) is 13.6 Å². The van der Waals surface area contributed by atoms with E-state index < -0.39 is 40.9 Å². The highest BCUT2D eigenvalue weighted by atomic mass is 19.1. The molecular weight excluding hydrogens is 284 g/mol. The van der Waals surface area contributed by atoms with Crippen LogP contribution in [-0.2, 0) is 4.79 Å². The van der Waals surface area contributed by atoms with E-state index in [2.05, 4.69) is 5.32 Å². The number of carboxylic acids is 1. The van der Waals surface area contributed by atoms with E-state index >= 15 is 0 Å². The number of ether oxygens (including phenoxy) is 1. The van der Waals surface area contributed by atoms with Gasteiger partial charge in [0.25, 0.3) is 5.91 Å². The van der Waals surface area contributed by atoms with Gasteiger partial charge in [0, 0.05) is 6.54 Å². The van der Waals surface area contributed by atoms with Crippen LogP contribution in [0.1, 0.15) is 37.0 Å². The number of halogens is 2. The molecule has 0 bridgehead atoms. The molecule has 0 aliphatic rings. The predicted molar refractivity (Wildman–Crippen MR) is 71.3 cm³/mol. The van der Waals surface area contributed by atoms with Crippen molar-refractivity contribution in [2.45, 2.75) is 32.8 Å². The van der Waals surface area contributed by atoms with E-state index in [1.807, 2.05) is 6.92 Å². The van der Waals surface area contributed by atoms with E-state index in [-0.39, 0.29) is 0 Å². The Hall–Kier alpha value is -2.18. The molecule has 7 heteroatoms. The fourth-order valence-corrected chi connectivity index (χ4v) is 1.56. The van der Waals surface area contributed by atoms with Crippen LogP contribution >= 0.6 is 0 Å². The summed E-state index contributed by atoms with van der Waals surface area (Å²) >= 11 is 0. The molecule has 1 rings (SSSR count). The first-order valence-electron chi connectivity index (χ1n) is 6.53. The van der Waals surface area contributed by atoms with Gasteiger partial charge in [0.05, 0.1) is 5.56 Å². The number of nitrogens with one attached hydrogen (secondary N) is 1. The Kier molecular flexibility index (Phi) is 6.08. The molecule has 0 saturated carbocycles. The first-order valence-corrected chi connectivity index (χ1v) is 6.53.